The Morgan fingerprint density at radius 3 is 2.47 bits per heavy atom. The molecule has 19 heavy (non-hydrogen) atoms. The van der Waals surface area contributed by atoms with Crippen LogP contribution < -0.4 is 15.2 Å². The maximum absolute atomic E-state index is 5.66. The van der Waals surface area contributed by atoms with Crippen LogP contribution in [0.5, 0.6) is 11.5 Å². The Kier molecular flexibility index (Phi) is 6.12. The molecule has 0 heterocycles. The minimum absolute atomic E-state index is 0.496. The minimum Gasteiger partial charge on any atom is -0.496 e. The van der Waals surface area contributed by atoms with Gasteiger partial charge in [-0.1, -0.05) is 13.0 Å². The Balaban J connectivity index is 2.86. The lowest BCUT2D eigenvalue weighted by atomic mass is 10.1. The van der Waals surface area contributed by atoms with Gasteiger partial charge < -0.3 is 20.1 Å². The molecule has 1 rings (SSSR count). The van der Waals surface area contributed by atoms with Gasteiger partial charge in [-0.25, -0.2) is 0 Å². The van der Waals surface area contributed by atoms with Crippen LogP contribution in [0.3, 0.4) is 0 Å². The first-order chi connectivity index (χ1) is 9.03. The third-order valence-electron chi connectivity index (χ3n) is 3.33. The van der Waals surface area contributed by atoms with Crippen LogP contribution in [0.15, 0.2) is 12.1 Å². The van der Waals surface area contributed by atoms with Crippen molar-refractivity contribution in [3.8, 4) is 11.5 Å². The second-order valence-electron chi connectivity index (χ2n) is 5.12. The van der Waals surface area contributed by atoms with Crippen molar-refractivity contribution in [2.75, 3.05) is 34.4 Å². The number of hydrogen-bond acceptors (Lipinski definition) is 4. The van der Waals surface area contributed by atoms with Gasteiger partial charge in [-0.15, -0.1) is 0 Å². The van der Waals surface area contributed by atoms with Gasteiger partial charge in [-0.3, -0.25) is 0 Å². The van der Waals surface area contributed by atoms with E-state index in [-0.39, 0.29) is 0 Å². The lowest BCUT2D eigenvalue weighted by molar-refractivity contribution is 0.276. The van der Waals surface area contributed by atoms with Crippen molar-refractivity contribution in [1.82, 2.24) is 4.90 Å². The molecule has 0 bridgehead atoms. The molecule has 0 amide bonds. The van der Waals surface area contributed by atoms with Gasteiger partial charge in [0.2, 0.25) is 0 Å². The monoisotopic (exact) mass is 266 g/mol. The van der Waals surface area contributed by atoms with Gasteiger partial charge in [0.1, 0.15) is 11.5 Å². The van der Waals surface area contributed by atoms with E-state index >= 15 is 0 Å². The molecule has 4 nitrogen and oxygen atoms in total. The highest BCUT2D eigenvalue weighted by molar-refractivity contribution is 5.49. The van der Waals surface area contributed by atoms with Crippen molar-refractivity contribution in [1.29, 1.82) is 0 Å². The van der Waals surface area contributed by atoms with Gasteiger partial charge >= 0.3 is 0 Å². The fraction of sp³-hybridized carbons (Fsp3) is 0.600. The summed E-state index contributed by atoms with van der Waals surface area (Å²) in [5, 5.41) is 0. The highest BCUT2D eigenvalue weighted by atomic mass is 16.5. The maximum Gasteiger partial charge on any atom is 0.129 e. The van der Waals surface area contributed by atoms with Gasteiger partial charge in [0.15, 0.2) is 0 Å². The fourth-order valence-corrected chi connectivity index (χ4v) is 2.32. The van der Waals surface area contributed by atoms with Gasteiger partial charge in [-0.2, -0.15) is 0 Å². The summed E-state index contributed by atoms with van der Waals surface area (Å²) >= 11 is 0. The molecule has 0 fully saturated rings. The molecule has 0 aliphatic rings. The van der Waals surface area contributed by atoms with E-state index in [1.54, 1.807) is 14.2 Å². The highest BCUT2D eigenvalue weighted by Crippen LogP contribution is 2.31. The maximum atomic E-state index is 5.66. The second-order valence-corrected chi connectivity index (χ2v) is 5.12. The first kappa shape index (κ1) is 15.8. The minimum atomic E-state index is 0.496. The van der Waals surface area contributed by atoms with Crippen molar-refractivity contribution < 1.29 is 9.47 Å². The SMILES string of the molecule is COc1ccc(CN(C)CC(C)CN)c(OC)c1C. The van der Waals surface area contributed by atoms with Gasteiger partial charge in [-0.05, 0) is 32.5 Å². The Morgan fingerprint density at radius 2 is 1.95 bits per heavy atom. The molecular formula is C15H26N2O2. The average Bonchev–Trinajstić information content (AvgIpc) is 2.39. The first-order valence-electron chi connectivity index (χ1n) is 6.62. The molecule has 0 radical (unpaired) electrons. The van der Waals surface area contributed by atoms with E-state index in [0.717, 1.165) is 30.2 Å². The van der Waals surface area contributed by atoms with Gasteiger partial charge in [0, 0.05) is 24.2 Å². The second kappa shape index (κ2) is 7.36. The van der Waals surface area contributed by atoms with Crippen LogP contribution in [0.2, 0.25) is 0 Å². The lowest BCUT2D eigenvalue weighted by Gasteiger charge is -2.22. The van der Waals surface area contributed by atoms with E-state index in [1.807, 2.05) is 13.0 Å². The van der Waals surface area contributed by atoms with Crippen LogP contribution in [0.4, 0.5) is 0 Å². The van der Waals surface area contributed by atoms with Crippen molar-refractivity contribution in [3.63, 3.8) is 0 Å². The summed E-state index contributed by atoms with van der Waals surface area (Å²) in [4.78, 5) is 2.27. The van der Waals surface area contributed by atoms with Crippen molar-refractivity contribution in [2.24, 2.45) is 11.7 Å². The molecule has 0 saturated carbocycles. The molecule has 0 spiro atoms. The number of nitrogens with zero attached hydrogens (tertiary/aromatic N) is 1. The normalized spacial score (nSPS) is 12.6. The number of rotatable bonds is 7. The van der Waals surface area contributed by atoms with E-state index in [4.69, 9.17) is 15.2 Å². The Hall–Kier alpha value is -1.26. The molecule has 2 N–H and O–H groups in total. The fourth-order valence-electron chi connectivity index (χ4n) is 2.32. The molecule has 0 saturated heterocycles. The average molecular weight is 266 g/mol. The van der Waals surface area contributed by atoms with E-state index < -0.39 is 0 Å². The zero-order valence-corrected chi connectivity index (χ0v) is 12.7. The zero-order chi connectivity index (χ0) is 14.4. The number of benzene rings is 1. The first-order valence-corrected chi connectivity index (χ1v) is 6.62. The molecule has 1 atom stereocenters. The van der Waals surface area contributed by atoms with Crippen molar-refractivity contribution in [3.05, 3.63) is 23.3 Å². The Labute approximate surface area is 116 Å². The summed E-state index contributed by atoms with van der Waals surface area (Å²) in [7, 11) is 5.48. The Bertz CT molecular complexity index is 407. The van der Waals surface area contributed by atoms with Crippen LogP contribution in [-0.4, -0.2) is 39.3 Å². The zero-order valence-electron chi connectivity index (χ0n) is 12.7. The predicted molar refractivity (Wildman–Crippen MR) is 78.8 cm³/mol. The van der Waals surface area contributed by atoms with Crippen LogP contribution in [0.25, 0.3) is 0 Å². The number of nitrogens with two attached hydrogens (primary N) is 1. The largest absolute Gasteiger partial charge is 0.496 e. The van der Waals surface area contributed by atoms with Crippen molar-refractivity contribution in [2.45, 2.75) is 20.4 Å². The summed E-state index contributed by atoms with van der Waals surface area (Å²) in [5.41, 5.74) is 7.88. The van der Waals surface area contributed by atoms with Crippen LogP contribution >= 0.6 is 0 Å². The molecule has 1 unspecified atom stereocenters. The quantitative estimate of drug-likeness (QED) is 0.820. The molecule has 0 aliphatic carbocycles. The number of hydrogen-bond donors (Lipinski definition) is 1. The molecule has 0 aliphatic heterocycles. The smallest absolute Gasteiger partial charge is 0.129 e. The van der Waals surface area contributed by atoms with Crippen LogP contribution in [-0.2, 0) is 6.54 Å². The summed E-state index contributed by atoms with van der Waals surface area (Å²) in [6.07, 6.45) is 0. The summed E-state index contributed by atoms with van der Waals surface area (Å²) in [5.74, 6) is 2.26. The summed E-state index contributed by atoms with van der Waals surface area (Å²) in [6, 6.07) is 4.06. The molecule has 1 aromatic carbocycles. The van der Waals surface area contributed by atoms with Crippen LogP contribution in [0.1, 0.15) is 18.1 Å². The third kappa shape index (κ3) is 4.11. The standard InChI is InChI=1S/C15H26N2O2/c1-11(8-16)9-17(3)10-13-6-7-14(18-4)12(2)15(13)19-5/h6-7,11H,8-10,16H2,1-5H3. The van der Waals surface area contributed by atoms with Crippen LogP contribution in [0, 0.1) is 12.8 Å². The summed E-state index contributed by atoms with van der Waals surface area (Å²) < 4.78 is 10.8. The number of methoxy groups -OCH3 is 2. The van der Waals surface area contributed by atoms with Crippen molar-refractivity contribution >= 4 is 0 Å². The van der Waals surface area contributed by atoms with Gasteiger partial charge in [0.05, 0.1) is 14.2 Å². The van der Waals surface area contributed by atoms with E-state index in [1.165, 1.54) is 5.56 Å². The highest BCUT2D eigenvalue weighted by Gasteiger charge is 2.13. The van der Waals surface area contributed by atoms with E-state index in [0.29, 0.717) is 12.5 Å². The third-order valence-corrected chi connectivity index (χ3v) is 3.33. The molecule has 0 aromatic heterocycles. The predicted octanol–water partition coefficient (Wildman–Crippen LogP) is 2.04. The molecule has 4 heteroatoms. The molecular weight excluding hydrogens is 240 g/mol. The lowest BCUT2D eigenvalue weighted by Crippen LogP contribution is -2.28. The van der Waals surface area contributed by atoms with E-state index in [2.05, 4.69) is 24.9 Å². The molecule has 108 valence electrons. The van der Waals surface area contributed by atoms with Gasteiger partial charge in [0.25, 0.3) is 0 Å². The van der Waals surface area contributed by atoms with E-state index in [9.17, 15) is 0 Å². The molecule has 1 aromatic rings. The summed E-state index contributed by atoms with van der Waals surface area (Å²) in [6.45, 7) is 6.71. The topological polar surface area (TPSA) is 47.7 Å². The Morgan fingerprint density at radius 1 is 1.26 bits per heavy atom. The number of ether oxygens (including phenoxy) is 2.